The van der Waals surface area contributed by atoms with E-state index in [1.54, 1.807) is 0 Å². The number of halogens is 2. The minimum Gasteiger partial charge on any atom is -0.311 e. The Kier molecular flexibility index (Phi) is 5.11. The van der Waals surface area contributed by atoms with E-state index in [9.17, 15) is 8.78 Å². The second-order valence-corrected chi connectivity index (χ2v) is 6.03. The molecule has 1 saturated heterocycles. The maximum absolute atomic E-state index is 13.3. The number of nitrogens with zero attached hydrogens (tertiary/aromatic N) is 1. The summed E-state index contributed by atoms with van der Waals surface area (Å²) in [6.07, 6.45) is 1.04. The molecule has 0 saturated carbocycles. The molecule has 20 heavy (non-hydrogen) atoms. The van der Waals surface area contributed by atoms with Crippen LogP contribution in [0.4, 0.5) is 8.78 Å². The van der Waals surface area contributed by atoms with Gasteiger partial charge in [-0.15, -0.1) is 0 Å². The first-order chi connectivity index (χ1) is 9.49. The molecule has 2 unspecified atom stereocenters. The molecule has 112 valence electrons. The average Bonchev–Trinajstić information content (AvgIpc) is 2.37. The molecular formula is C16H24F2N2. The van der Waals surface area contributed by atoms with E-state index in [1.807, 2.05) is 0 Å². The highest BCUT2D eigenvalue weighted by molar-refractivity contribution is 5.18. The van der Waals surface area contributed by atoms with Crippen molar-refractivity contribution in [3.63, 3.8) is 0 Å². The normalized spacial score (nSPS) is 24.3. The molecule has 0 amide bonds. The maximum atomic E-state index is 13.3. The smallest absolute Gasteiger partial charge is 0.126 e. The fraction of sp³-hybridized carbons (Fsp3) is 0.625. The molecule has 1 aromatic carbocycles. The Bertz CT molecular complexity index is 428. The molecule has 1 aliphatic heterocycles. The highest BCUT2D eigenvalue weighted by Crippen LogP contribution is 2.19. The Morgan fingerprint density at radius 2 is 1.90 bits per heavy atom. The fourth-order valence-electron chi connectivity index (χ4n) is 2.86. The van der Waals surface area contributed by atoms with Gasteiger partial charge >= 0.3 is 0 Å². The van der Waals surface area contributed by atoms with Gasteiger partial charge in [-0.3, -0.25) is 4.90 Å². The fourth-order valence-corrected chi connectivity index (χ4v) is 2.86. The van der Waals surface area contributed by atoms with Gasteiger partial charge in [0.05, 0.1) is 0 Å². The molecule has 2 nitrogen and oxygen atoms in total. The van der Waals surface area contributed by atoms with Crippen LogP contribution in [0.25, 0.3) is 0 Å². The molecule has 0 aromatic heterocycles. The lowest BCUT2D eigenvalue weighted by Crippen LogP contribution is -2.57. The Morgan fingerprint density at radius 3 is 2.45 bits per heavy atom. The molecular weight excluding hydrogens is 258 g/mol. The molecule has 1 aromatic rings. The molecule has 1 fully saturated rings. The summed E-state index contributed by atoms with van der Waals surface area (Å²) in [5.41, 5.74) is 0.713. The van der Waals surface area contributed by atoms with Gasteiger partial charge in [-0.1, -0.05) is 20.8 Å². The van der Waals surface area contributed by atoms with Gasteiger partial charge in [-0.25, -0.2) is 8.78 Å². The highest BCUT2D eigenvalue weighted by atomic mass is 19.1. The van der Waals surface area contributed by atoms with Gasteiger partial charge in [0.2, 0.25) is 0 Å². The van der Waals surface area contributed by atoms with Crippen molar-refractivity contribution < 1.29 is 8.78 Å². The van der Waals surface area contributed by atoms with Crippen molar-refractivity contribution in [2.45, 2.75) is 45.8 Å². The van der Waals surface area contributed by atoms with Gasteiger partial charge in [0.25, 0.3) is 0 Å². The topological polar surface area (TPSA) is 15.3 Å². The molecule has 1 aliphatic rings. The molecule has 2 rings (SSSR count). The third kappa shape index (κ3) is 3.76. The van der Waals surface area contributed by atoms with Crippen molar-refractivity contribution in [1.82, 2.24) is 10.2 Å². The van der Waals surface area contributed by atoms with Crippen molar-refractivity contribution in [3.8, 4) is 0 Å². The number of nitrogens with one attached hydrogen (secondary N) is 1. The van der Waals surface area contributed by atoms with E-state index in [4.69, 9.17) is 0 Å². The molecule has 4 heteroatoms. The Hall–Kier alpha value is -1.00. The monoisotopic (exact) mass is 282 g/mol. The van der Waals surface area contributed by atoms with Crippen LogP contribution < -0.4 is 5.32 Å². The number of benzene rings is 1. The second kappa shape index (κ2) is 6.64. The van der Waals surface area contributed by atoms with Crippen LogP contribution in [0.3, 0.4) is 0 Å². The Labute approximate surface area is 120 Å². The van der Waals surface area contributed by atoms with E-state index in [0.29, 0.717) is 30.1 Å². The number of piperazine rings is 1. The first-order valence-electron chi connectivity index (χ1n) is 7.42. The Balaban J connectivity index is 2.11. The number of hydrogen-bond acceptors (Lipinski definition) is 2. The molecule has 1 N–H and O–H groups in total. The zero-order valence-electron chi connectivity index (χ0n) is 12.5. The van der Waals surface area contributed by atoms with Crippen LogP contribution in [-0.4, -0.2) is 30.1 Å². The summed E-state index contributed by atoms with van der Waals surface area (Å²) in [4.78, 5) is 2.34. The van der Waals surface area contributed by atoms with Crippen LogP contribution in [0.5, 0.6) is 0 Å². The van der Waals surface area contributed by atoms with E-state index in [1.165, 1.54) is 12.1 Å². The zero-order chi connectivity index (χ0) is 14.7. The summed E-state index contributed by atoms with van der Waals surface area (Å²) in [6, 6.07) is 4.66. The standard InChI is InChI=1S/C16H24F2N2/c1-4-15-8-19-16(11(2)3)10-20(15)9-12-5-13(17)7-14(18)6-12/h5-7,11,15-16,19H,4,8-10H2,1-3H3. The van der Waals surface area contributed by atoms with E-state index in [0.717, 1.165) is 25.6 Å². The first kappa shape index (κ1) is 15.4. The second-order valence-electron chi connectivity index (χ2n) is 6.03. The van der Waals surface area contributed by atoms with Gasteiger partial charge in [-0.05, 0) is 30.0 Å². The summed E-state index contributed by atoms with van der Waals surface area (Å²) in [5.74, 6) is -0.438. The summed E-state index contributed by atoms with van der Waals surface area (Å²) in [7, 11) is 0. The maximum Gasteiger partial charge on any atom is 0.126 e. The van der Waals surface area contributed by atoms with Crippen LogP contribution >= 0.6 is 0 Å². The molecule has 2 atom stereocenters. The third-order valence-corrected chi connectivity index (χ3v) is 4.15. The molecule has 0 aliphatic carbocycles. The van der Waals surface area contributed by atoms with Gasteiger partial charge in [0.15, 0.2) is 0 Å². The SMILES string of the molecule is CCC1CNC(C(C)C)CN1Cc1cc(F)cc(F)c1. The summed E-state index contributed by atoms with van der Waals surface area (Å²) >= 11 is 0. The van der Waals surface area contributed by atoms with Crippen molar-refractivity contribution in [2.24, 2.45) is 5.92 Å². The predicted octanol–water partition coefficient (Wildman–Crippen LogP) is 3.17. The molecule has 1 heterocycles. The average molecular weight is 282 g/mol. The Morgan fingerprint density at radius 1 is 1.25 bits per heavy atom. The van der Waals surface area contributed by atoms with Crippen molar-refractivity contribution in [1.29, 1.82) is 0 Å². The third-order valence-electron chi connectivity index (χ3n) is 4.15. The largest absolute Gasteiger partial charge is 0.311 e. The van der Waals surface area contributed by atoms with Crippen molar-refractivity contribution in [2.75, 3.05) is 13.1 Å². The molecule has 0 radical (unpaired) electrons. The van der Waals surface area contributed by atoms with Crippen LogP contribution in [0, 0.1) is 17.6 Å². The number of hydrogen-bond donors (Lipinski definition) is 1. The first-order valence-corrected chi connectivity index (χ1v) is 7.42. The van der Waals surface area contributed by atoms with Crippen LogP contribution in [0.15, 0.2) is 18.2 Å². The lowest BCUT2D eigenvalue weighted by atomic mass is 9.98. The van der Waals surface area contributed by atoms with E-state index in [-0.39, 0.29) is 0 Å². The molecule has 0 bridgehead atoms. The van der Waals surface area contributed by atoms with E-state index >= 15 is 0 Å². The zero-order valence-corrected chi connectivity index (χ0v) is 12.5. The summed E-state index contributed by atoms with van der Waals surface area (Å²) in [6.45, 7) is 9.03. The van der Waals surface area contributed by atoms with Crippen LogP contribution in [-0.2, 0) is 6.54 Å². The van der Waals surface area contributed by atoms with Crippen LogP contribution in [0.1, 0.15) is 32.8 Å². The number of rotatable bonds is 4. The van der Waals surface area contributed by atoms with Crippen molar-refractivity contribution >= 4 is 0 Å². The van der Waals surface area contributed by atoms with Crippen LogP contribution in [0.2, 0.25) is 0 Å². The van der Waals surface area contributed by atoms with Gasteiger partial charge in [0, 0.05) is 37.8 Å². The minimum absolute atomic E-state index is 0.427. The molecule has 0 spiro atoms. The predicted molar refractivity (Wildman–Crippen MR) is 77.5 cm³/mol. The van der Waals surface area contributed by atoms with Crippen molar-refractivity contribution in [3.05, 3.63) is 35.4 Å². The lowest BCUT2D eigenvalue weighted by molar-refractivity contribution is 0.103. The quantitative estimate of drug-likeness (QED) is 0.912. The highest BCUT2D eigenvalue weighted by Gasteiger charge is 2.28. The van der Waals surface area contributed by atoms with Gasteiger partial charge in [0.1, 0.15) is 11.6 Å². The minimum atomic E-state index is -0.497. The van der Waals surface area contributed by atoms with E-state index < -0.39 is 11.6 Å². The summed E-state index contributed by atoms with van der Waals surface area (Å²) < 4.78 is 26.6. The lowest BCUT2D eigenvalue weighted by Gasteiger charge is -2.41. The van der Waals surface area contributed by atoms with Gasteiger partial charge in [-0.2, -0.15) is 0 Å². The van der Waals surface area contributed by atoms with E-state index in [2.05, 4.69) is 31.0 Å². The van der Waals surface area contributed by atoms with Gasteiger partial charge < -0.3 is 5.32 Å². The summed E-state index contributed by atoms with van der Waals surface area (Å²) in [5, 5.41) is 3.57.